The summed E-state index contributed by atoms with van der Waals surface area (Å²) in [5, 5.41) is 2.84. The van der Waals surface area contributed by atoms with Crippen LogP contribution in [0.5, 0.6) is 11.5 Å². The summed E-state index contributed by atoms with van der Waals surface area (Å²) in [6, 6.07) is 14.8. The molecule has 1 N–H and O–H groups in total. The molecule has 5 heteroatoms. The summed E-state index contributed by atoms with van der Waals surface area (Å²) in [7, 11) is 4.93. The number of para-hydroxylation sites is 1. The van der Waals surface area contributed by atoms with E-state index in [-0.39, 0.29) is 6.03 Å². The van der Waals surface area contributed by atoms with E-state index in [1.807, 2.05) is 48.5 Å². The minimum Gasteiger partial charge on any atom is -0.493 e. The van der Waals surface area contributed by atoms with Gasteiger partial charge in [-0.15, -0.1) is 0 Å². The molecule has 0 atom stereocenters. The smallest absolute Gasteiger partial charge is 0.321 e. The lowest BCUT2D eigenvalue weighted by atomic mass is 10.2. The van der Waals surface area contributed by atoms with Crippen molar-refractivity contribution < 1.29 is 14.3 Å². The van der Waals surface area contributed by atoms with Gasteiger partial charge in [-0.3, -0.25) is 0 Å². The van der Waals surface area contributed by atoms with E-state index in [1.165, 1.54) is 0 Å². The largest absolute Gasteiger partial charge is 0.493 e. The molecular formula is C17H20N2O3. The Morgan fingerprint density at radius 2 is 1.73 bits per heavy atom. The molecular weight excluding hydrogens is 280 g/mol. The number of carbonyl (C=O) groups is 1. The number of rotatable bonds is 5. The van der Waals surface area contributed by atoms with Gasteiger partial charge < -0.3 is 19.7 Å². The molecule has 2 aromatic carbocycles. The van der Waals surface area contributed by atoms with Gasteiger partial charge in [0.05, 0.1) is 14.2 Å². The molecule has 0 fully saturated rings. The summed E-state index contributed by atoms with van der Waals surface area (Å²) in [6.45, 7) is 0.471. The summed E-state index contributed by atoms with van der Waals surface area (Å²) >= 11 is 0. The zero-order valence-corrected chi connectivity index (χ0v) is 13.0. The van der Waals surface area contributed by atoms with Gasteiger partial charge in [0, 0.05) is 19.3 Å². The van der Waals surface area contributed by atoms with Gasteiger partial charge in [-0.2, -0.15) is 0 Å². The quantitative estimate of drug-likeness (QED) is 0.921. The summed E-state index contributed by atoms with van der Waals surface area (Å²) in [5.74, 6) is 1.32. The third-order valence-corrected chi connectivity index (χ3v) is 3.24. The molecule has 0 aliphatic rings. The van der Waals surface area contributed by atoms with Crippen LogP contribution in [0.1, 0.15) is 5.56 Å². The van der Waals surface area contributed by atoms with Crippen LogP contribution < -0.4 is 14.8 Å². The molecule has 0 saturated carbocycles. The topological polar surface area (TPSA) is 50.8 Å². The fourth-order valence-electron chi connectivity index (χ4n) is 2.07. The van der Waals surface area contributed by atoms with Gasteiger partial charge in [0.25, 0.3) is 0 Å². The molecule has 0 aromatic heterocycles. The number of carbonyl (C=O) groups excluding carboxylic acids is 1. The molecule has 0 radical (unpaired) electrons. The van der Waals surface area contributed by atoms with Gasteiger partial charge in [-0.1, -0.05) is 24.3 Å². The number of nitrogens with one attached hydrogen (secondary N) is 1. The summed E-state index contributed by atoms with van der Waals surface area (Å²) in [4.78, 5) is 13.8. The van der Waals surface area contributed by atoms with E-state index >= 15 is 0 Å². The lowest BCUT2D eigenvalue weighted by Crippen LogP contribution is -2.30. The first-order chi connectivity index (χ1) is 10.6. The Labute approximate surface area is 130 Å². The molecule has 2 aromatic rings. The molecule has 2 rings (SSSR count). The van der Waals surface area contributed by atoms with Crippen molar-refractivity contribution >= 4 is 11.7 Å². The summed E-state index contributed by atoms with van der Waals surface area (Å²) < 4.78 is 10.5. The van der Waals surface area contributed by atoms with Gasteiger partial charge in [-0.25, -0.2) is 4.79 Å². The van der Waals surface area contributed by atoms with E-state index in [0.717, 1.165) is 11.3 Å². The van der Waals surface area contributed by atoms with Crippen molar-refractivity contribution in [3.05, 3.63) is 54.1 Å². The SMILES string of the molecule is COc1ccc(CN(C)C(=O)Nc2ccccc2)cc1OC. The molecule has 5 nitrogen and oxygen atoms in total. The van der Waals surface area contributed by atoms with E-state index in [9.17, 15) is 4.79 Å². The Balaban J connectivity index is 2.02. The first-order valence-electron chi connectivity index (χ1n) is 6.92. The van der Waals surface area contributed by atoms with Gasteiger partial charge in [0.1, 0.15) is 0 Å². The minimum absolute atomic E-state index is 0.166. The van der Waals surface area contributed by atoms with Crippen LogP contribution in [0, 0.1) is 0 Å². The molecule has 0 heterocycles. The van der Waals surface area contributed by atoms with Crippen LogP contribution in [0.3, 0.4) is 0 Å². The van der Waals surface area contributed by atoms with Crippen LogP contribution in [-0.4, -0.2) is 32.2 Å². The van der Waals surface area contributed by atoms with Crippen molar-refractivity contribution in [1.82, 2.24) is 4.90 Å². The minimum atomic E-state index is -0.166. The third kappa shape index (κ3) is 3.91. The van der Waals surface area contributed by atoms with E-state index in [2.05, 4.69) is 5.32 Å². The number of benzene rings is 2. The van der Waals surface area contributed by atoms with E-state index in [1.54, 1.807) is 26.2 Å². The first-order valence-corrected chi connectivity index (χ1v) is 6.92. The fourth-order valence-corrected chi connectivity index (χ4v) is 2.07. The predicted octanol–water partition coefficient (Wildman–Crippen LogP) is 3.37. The fraction of sp³-hybridized carbons (Fsp3) is 0.235. The van der Waals surface area contributed by atoms with Crippen molar-refractivity contribution in [2.45, 2.75) is 6.54 Å². The van der Waals surface area contributed by atoms with Gasteiger partial charge in [-0.05, 0) is 29.8 Å². The van der Waals surface area contributed by atoms with Crippen LogP contribution in [0.25, 0.3) is 0 Å². The van der Waals surface area contributed by atoms with Crippen LogP contribution in [0.4, 0.5) is 10.5 Å². The molecule has 116 valence electrons. The number of anilines is 1. The second kappa shape index (κ2) is 7.36. The maximum Gasteiger partial charge on any atom is 0.321 e. The highest BCUT2D eigenvalue weighted by Crippen LogP contribution is 2.27. The number of nitrogens with zero attached hydrogens (tertiary/aromatic N) is 1. The number of amides is 2. The molecule has 0 aliphatic carbocycles. The second-order valence-corrected chi connectivity index (χ2v) is 4.84. The zero-order chi connectivity index (χ0) is 15.9. The van der Waals surface area contributed by atoms with Gasteiger partial charge >= 0.3 is 6.03 Å². The molecule has 0 saturated heterocycles. The number of hydrogen-bond donors (Lipinski definition) is 1. The molecule has 0 bridgehead atoms. The van der Waals surface area contributed by atoms with Crippen LogP contribution in [0.15, 0.2) is 48.5 Å². The molecule has 22 heavy (non-hydrogen) atoms. The Morgan fingerprint density at radius 3 is 2.36 bits per heavy atom. The molecule has 0 aliphatic heterocycles. The van der Waals surface area contributed by atoms with Crippen molar-refractivity contribution in [3.8, 4) is 11.5 Å². The molecule has 0 unspecified atom stereocenters. The second-order valence-electron chi connectivity index (χ2n) is 4.84. The van der Waals surface area contributed by atoms with Crippen molar-refractivity contribution in [1.29, 1.82) is 0 Å². The average molecular weight is 300 g/mol. The highest BCUT2D eigenvalue weighted by Gasteiger charge is 2.11. The van der Waals surface area contributed by atoms with Gasteiger partial charge in [0.15, 0.2) is 11.5 Å². The van der Waals surface area contributed by atoms with Crippen molar-refractivity contribution in [2.75, 3.05) is 26.6 Å². The number of methoxy groups -OCH3 is 2. The summed E-state index contributed by atoms with van der Waals surface area (Å²) in [5.41, 5.74) is 1.73. The monoisotopic (exact) mass is 300 g/mol. The van der Waals surface area contributed by atoms with Crippen molar-refractivity contribution in [2.24, 2.45) is 0 Å². The number of hydrogen-bond acceptors (Lipinski definition) is 3. The lowest BCUT2D eigenvalue weighted by molar-refractivity contribution is 0.220. The highest BCUT2D eigenvalue weighted by molar-refractivity contribution is 5.89. The maximum absolute atomic E-state index is 12.2. The zero-order valence-electron chi connectivity index (χ0n) is 13.0. The molecule has 0 spiro atoms. The average Bonchev–Trinajstić information content (AvgIpc) is 2.55. The Bertz CT molecular complexity index is 629. The third-order valence-electron chi connectivity index (χ3n) is 3.24. The van der Waals surface area contributed by atoms with E-state index in [4.69, 9.17) is 9.47 Å². The standard InChI is InChI=1S/C17H20N2O3/c1-19(17(20)18-14-7-5-4-6-8-14)12-13-9-10-15(21-2)16(11-13)22-3/h4-11H,12H2,1-3H3,(H,18,20). The lowest BCUT2D eigenvalue weighted by Gasteiger charge is -2.19. The van der Waals surface area contributed by atoms with Crippen LogP contribution in [0.2, 0.25) is 0 Å². The Hall–Kier alpha value is -2.69. The van der Waals surface area contributed by atoms with Gasteiger partial charge in [0.2, 0.25) is 0 Å². The molecule has 2 amide bonds. The van der Waals surface area contributed by atoms with Crippen molar-refractivity contribution in [3.63, 3.8) is 0 Å². The van der Waals surface area contributed by atoms with Crippen LogP contribution in [-0.2, 0) is 6.54 Å². The Morgan fingerprint density at radius 1 is 1.05 bits per heavy atom. The number of urea groups is 1. The van der Waals surface area contributed by atoms with E-state index < -0.39 is 0 Å². The summed E-state index contributed by atoms with van der Waals surface area (Å²) in [6.07, 6.45) is 0. The maximum atomic E-state index is 12.2. The van der Waals surface area contributed by atoms with E-state index in [0.29, 0.717) is 18.0 Å². The Kier molecular flexibility index (Phi) is 5.25. The number of ether oxygens (including phenoxy) is 2. The normalized spacial score (nSPS) is 9.95. The first kappa shape index (κ1) is 15.7. The highest BCUT2D eigenvalue weighted by atomic mass is 16.5. The predicted molar refractivity (Wildman–Crippen MR) is 86.5 cm³/mol. The van der Waals surface area contributed by atoms with Crippen LogP contribution >= 0.6 is 0 Å².